The zero-order valence-electron chi connectivity index (χ0n) is 7.08. The molecule has 0 aliphatic carbocycles. The fourth-order valence-corrected chi connectivity index (χ4v) is 0.920. The van der Waals surface area contributed by atoms with Gasteiger partial charge in [0, 0.05) is 0 Å². The topological polar surface area (TPSA) is 46.5 Å². The molecule has 0 saturated heterocycles. The Morgan fingerprint density at radius 3 is 2.77 bits per heavy atom. The molecule has 0 saturated carbocycles. The van der Waals surface area contributed by atoms with Gasteiger partial charge in [0.2, 0.25) is 0 Å². The third-order valence-corrected chi connectivity index (χ3v) is 1.64. The number of ether oxygens (including phenoxy) is 1. The molecule has 0 aromatic heterocycles. The Morgan fingerprint density at radius 2 is 2.31 bits per heavy atom. The molecule has 0 aliphatic rings. The van der Waals surface area contributed by atoms with E-state index in [1.54, 1.807) is 0 Å². The Labute approximate surface area is 75.4 Å². The second-order valence-corrected chi connectivity index (χ2v) is 2.46. The molecule has 0 atom stereocenters. The summed E-state index contributed by atoms with van der Waals surface area (Å²) < 4.78 is 17.4. The minimum atomic E-state index is -0.606. The molecule has 0 heterocycles. The molecule has 1 aromatic carbocycles. The van der Waals surface area contributed by atoms with E-state index < -0.39 is 11.8 Å². The van der Waals surface area contributed by atoms with Crippen LogP contribution in [0.3, 0.4) is 0 Å². The van der Waals surface area contributed by atoms with Crippen molar-refractivity contribution < 1.29 is 18.9 Å². The van der Waals surface area contributed by atoms with Gasteiger partial charge >= 0.3 is 13.5 Å². The molecule has 0 radical (unpaired) electrons. The van der Waals surface area contributed by atoms with Gasteiger partial charge in [-0.05, 0) is 17.6 Å². The summed E-state index contributed by atoms with van der Waals surface area (Å²) in [7, 11) is 0.841. The lowest BCUT2D eigenvalue weighted by atomic mass is 9.87. The molecule has 0 aliphatic heterocycles. The zero-order chi connectivity index (χ0) is 9.84. The van der Waals surface area contributed by atoms with E-state index in [0.29, 0.717) is 0 Å². The number of methoxy groups -OCH3 is 1. The van der Waals surface area contributed by atoms with Gasteiger partial charge in [-0.25, -0.2) is 9.18 Å². The van der Waals surface area contributed by atoms with Crippen LogP contribution in [0.1, 0.15) is 10.4 Å². The third kappa shape index (κ3) is 2.06. The van der Waals surface area contributed by atoms with Crippen molar-refractivity contribution in [3.8, 4) is 0 Å². The van der Waals surface area contributed by atoms with E-state index in [1.807, 2.05) is 0 Å². The monoisotopic (exact) mass is 182 g/mol. The maximum atomic E-state index is 13.0. The molecule has 68 valence electrons. The van der Waals surface area contributed by atoms with Crippen LogP contribution >= 0.6 is 0 Å². The number of benzene rings is 1. The number of hydrogen-bond acceptors (Lipinski definition) is 3. The smallest absolute Gasteiger partial charge is 0.337 e. The maximum Gasteiger partial charge on any atom is 0.337 e. The average Bonchev–Trinajstić information content (AvgIpc) is 2.16. The zero-order valence-corrected chi connectivity index (χ0v) is 7.08. The molecule has 1 N–H and O–H groups in total. The largest absolute Gasteiger partial charge is 0.465 e. The molecule has 0 fully saturated rings. The first-order valence-corrected chi connectivity index (χ1v) is 3.66. The number of hydrogen-bond donors (Lipinski definition) is 1. The second-order valence-electron chi connectivity index (χ2n) is 2.46. The summed E-state index contributed by atoms with van der Waals surface area (Å²) in [6, 6.07) is 3.79. The summed E-state index contributed by atoms with van der Waals surface area (Å²) >= 11 is 0. The Kier molecular flexibility index (Phi) is 3.03. The Bertz CT molecular complexity index is 327. The van der Waals surface area contributed by atoms with Crippen molar-refractivity contribution in [2.24, 2.45) is 0 Å². The van der Waals surface area contributed by atoms with Crippen molar-refractivity contribution in [3.05, 3.63) is 29.6 Å². The third-order valence-electron chi connectivity index (χ3n) is 1.64. The molecule has 0 spiro atoms. The highest BCUT2D eigenvalue weighted by molar-refractivity contribution is 6.45. The molecule has 1 rings (SSSR count). The summed E-state index contributed by atoms with van der Waals surface area (Å²) in [5.41, 5.74) is 0.296. The molecule has 0 bridgehead atoms. The first kappa shape index (κ1) is 9.73. The van der Waals surface area contributed by atoms with E-state index in [9.17, 15) is 9.18 Å². The van der Waals surface area contributed by atoms with Crippen LogP contribution in [0.2, 0.25) is 0 Å². The first-order chi connectivity index (χ1) is 6.19. The maximum absolute atomic E-state index is 13.0. The van der Waals surface area contributed by atoms with Gasteiger partial charge in [0.1, 0.15) is 5.82 Å². The summed E-state index contributed by atoms with van der Waals surface area (Å²) in [4.78, 5) is 10.9. The standard InChI is InChI=1S/C8H8BFO3/c1-13-8(11)5-2-3-6(9-12)7(10)4-5/h2-4,9,12H,1H3. The molecule has 3 nitrogen and oxygen atoms in total. The predicted octanol–water partition coefficient (Wildman–Crippen LogP) is -0.419. The van der Waals surface area contributed by atoms with Crippen LogP contribution in [-0.2, 0) is 4.74 Å². The molecular formula is C8H8BFO3. The van der Waals surface area contributed by atoms with Crippen LogP contribution in [0.25, 0.3) is 0 Å². The minimum absolute atomic E-state index is 0.136. The minimum Gasteiger partial charge on any atom is -0.465 e. The summed E-state index contributed by atoms with van der Waals surface area (Å²) in [5.74, 6) is -1.20. The second kappa shape index (κ2) is 4.05. The van der Waals surface area contributed by atoms with Gasteiger partial charge in [0.15, 0.2) is 0 Å². The van der Waals surface area contributed by atoms with E-state index in [0.717, 1.165) is 6.07 Å². The number of carbonyl (C=O) groups is 1. The number of carbonyl (C=O) groups excluding carboxylic acids is 1. The lowest BCUT2D eigenvalue weighted by Crippen LogP contribution is -2.19. The van der Waals surface area contributed by atoms with E-state index in [4.69, 9.17) is 5.02 Å². The Balaban J connectivity index is 3.02. The SMILES string of the molecule is COC(=O)c1ccc(BO)c(F)c1. The van der Waals surface area contributed by atoms with Crippen LogP contribution in [-0.4, -0.2) is 25.6 Å². The summed E-state index contributed by atoms with van der Waals surface area (Å²) in [5, 5.41) is 8.65. The van der Waals surface area contributed by atoms with Crippen LogP contribution < -0.4 is 5.46 Å². The van der Waals surface area contributed by atoms with Gasteiger partial charge in [0.25, 0.3) is 0 Å². The van der Waals surface area contributed by atoms with Crippen molar-refractivity contribution in [2.45, 2.75) is 0 Å². The van der Waals surface area contributed by atoms with E-state index in [2.05, 4.69) is 4.74 Å². The Morgan fingerprint density at radius 1 is 1.62 bits per heavy atom. The molecular weight excluding hydrogens is 174 g/mol. The number of esters is 1. The van der Waals surface area contributed by atoms with Crippen molar-refractivity contribution in [1.82, 2.24) is 0 Å². The number of halogens is 1. The van der Waals surface area contributed by atoms with Gasteiger partial charge in [-0.15, -0.1) is 0 Å². The summed E-state index contributed by atoms with van der Waals surface area (Å²) in [6.45, 7) is 0. The fourth-order valence-electron chi connectivity index (χ4n) is 0.920. The van der Waals surface area contributed by atoms with Crippen molar-refractivity contribution in [1.29, 1.82) is 0 Å². The molecule has 0 unspecified atom stereocenters. The Hall–Kier alpha value is -1.36. The van der Waals surface area contributed by atoms with Crippen molar-refractivity contribution >= 4 is 18.9 Å². The van der Waals surface area contributed by atoms with Gasteiger partial charge < -0.3 is 9.76 Å². The van der Waals surface area contributed by atoms with E-state index in [1.165, 1.54) is 19.2 Å². The van der Waals surface area contributed by atoms with Crippen molar-refractivity contribution in [3.63, 3.8) is 0 Å². The van der Waals surface area contributed by atoms with Gasteiger partial charge in [-0.1, -0.05) is 6.07 Å². The molecule has 13 heavy (non-hydrogen) atoms. The fraction of sp³-hybridized carbons (Fsp3) is 0.125. The molecule has 1 aromatic rings. The van der Waals surface area contributed by atoms with Gasteiger partial charge in [-0.2, -0.15) is 0 Å². The van der Waals surface area contributed by atoms with Crippen LogP contribution in [0.15, 0.2) is 18.2 Å². The quantitative estimate of drug-likeness (QED) is 0.499. The van der Waals surface area contributed by atoms with Crippen LogP contribution in [0.5, 0.6) is 0 Å². The highest BCUT2D eigenvalue weighted by Gasteiger charge is 2.09. The normalized spacial score (nSPS) is 9.46. The van der Waals surface area contributed by atoms with E-state index >= 15 is 0 Å². The number of rotatable bonds is 2. The molecule has 5 heteroatoms. The lowest BCUT2D eigenvalue weighted by Gasteiger charge is -2.01. The van der Waals surface area contributed by atoms with Gasteiger partial charge in [-0.3, -0.25) is 0 Å². The predicted molar refractivity (Wildman–Crippen MR) is 46.7 cm³/mol. The first-order valence-electron chi connectivity index (χ1n) is 3.66. The highest BCUT2D eigenvalue weighted by Crippen LogP contribution is 2.02. The highest BCUT2D eigenvalue weighted by atomic mass is 19.1. The lowest BCUT2D eigenvalue weighted by molar-refractivity contribution is 0.0600. The average molecular weight is 182 g/mol. The molecule has 0 amide bonds. The van der Waals surface area contributed by atoms with Crippen molar-refractivity contribution in [2.75, 3.05) is 7.11 Å². The van der Waals surface area contributed by atoms with Crippen LogP contribution in [0.4, 0.5) is 4.39 Å². The van der Waals surface area contributed by atoms with Crippen LogP contribution in [0, 0.1) is 5.82 Å². The summed E-state index contributed by atoms with van der Waals surface area (Å²) in [6.07, 6.45) is 0. The van der Waals surface area contributed by atoms with E-state index in [-0.39, 0.29) is 18.5 Å². The van der Waals surface area contributed by atoms with Gasteiger partial charge in [0.05, 0.1) is 12.7 Å².